The number of rotatable bonds is 4. The maximum Gasteiger partial charge on any atom is 4.00 e. The Bertz CT molecular complexity index is 2230. The Morgan fingerprint density at radius 1 is 0.453 bits per heavy atom. The van der Waals surface area contributed by atoms with Crippen molar-refractivity contribution in [1.29, 1.82) is 0 Å². The van der Waals surface area contributed by atoms with E-state index in [-0.39, 0.29) is 61.8 Å². The first-order valence-electron chi connectivity index (χ1n) is 17.6. The molecule has 0 bridgehead atoms. The van der Waals surface area contributed by atoms with E-state index in [0.29, 0.717) is 0 Å². The Kier molecular flexibility index (Phi) is 13.2. The third kappa shape index (κ3) is 9.09. The first-order chi connectivity index (χ1) is 23.8. The summed E-state index contributed by atoms with van der Waals surface area (Å²) in [6.07, 6.45) is 0. The zero-order valence-corrected chi connectivity index (χ0v) is 35.7. The summed E-state index contributed by atoms with van der Waals surface area (Å²) in [4.78, 5) is 0. The van der Waals surface area contributed by atoms with E-state index >= 15 is 0 Å². The summed E-state index contributed by atoms with van der Waals surface area (Å²) in [7, 11) is 0. The summed E-state index contributed by atoms with van der Waals surface area (Å²) in [6, 6.07) is 47.9. The van der Waals surface area contributed by atoms with E-state index in [9.17, 15) is 0 Å². The fourth-order valence-corrected chi connectivity index (χ4v) is 6.74. The zero-order chi connectivity index (χ0) is 35.2. The summed E-state index contributed by atoms with van der Waals surface area (Å²) in [5, 5.41) is 5.05. The van der Waals surface area contributed by atoms with Gasteiger partial charge in [0.15, 0.2) is 0 Å². The average Bonchev–Trinajstić information content (AvgIpc) is 3.90. The summed E-state index contributed by atoms with van der Waals surface area (Å²) in [6.45, 7) is 17.4. The molecule has 0 unspecified atom stereocenters. The monoisotopic (exact) mass is 814 g/mol. The van der Waals surface area contributed by atoms with Gasteiger partial charge in [-0.15, -0.1) is 57.9 Å². The number of hydrogen-bond donors (Lipinski definition) is 0. The molecule has 5 heteroatoms. The van der Waals surface area contributed by atoms with Crippen LogP contribution in [-0.4, -0.2) is 0 Å². The predicted molar refractivity (Wildman–Crippen MR) is 212 cm³/mol. The van der Waals surface area contributed by atoms with Gasteiger partial charge >= 0.3 is 26.2 Å². The van der Waals surface area contributed by atoms with Crippen LogP contribution in [0, 0.1) is 13.8 Å². The maximum atomic E-state index is 5.80. The van der Waals surface area contributed by atoms with Gasteiger partial charge in [-0.2, -0.15) is 0 Å². The number of furan rings is 2. The van der Waals surface area contributed by atoms with Crippen molar-refractivity contribution in [1.82, 2.24) is 0 Å². The third-order valence-corrected chi connectivity index (χ3v) is 9.68. The van der Waals surface area contributed by atoms with Gasteiger partial charge in [-0.3, -0.25) is 0 Å². The molecule has 0 aliphatic rings. The van der Waals surface area contributed by atoms with Crippen LogP contribution in [0.3, 0.4) is 0 Å². The van der Waals surface area contributed by atoms with Gasteiger partial charge < -0.3 is 33.6 Å². The largest absolute Gasteiger partial charge is 4.00 e. The van der Waals surface area contributed by atoms with E-state index < -0.39 is 0 Å². The molecule has 0 aliphatic heterocycles. The summed E-state index contributed by atoms with van der Waals surface area (Å²) < 4.78 is 11.6. The van der Waals surface area contributed by atoms with Gasteiger partial charge in [-0.1, -0.05) is 137 Å². The first-order valence-corrected chi connectivity index (χ1v) is 17.6. The van der Waals surface area contributed by atoms with Crippen LogP contribution in [0.15, 0.2) is 142 Å². The van der Waals surface area contributed by atoms with Crippen LogP contribution in [0.2, 0.25) is 0 Å². The van der Waals surface area contributed by atoms with Gasteiger partial charge in [0.2, 0.25) is 0 Å². The molecule has 0 N–H and O–H groups in total. The summed E-state index contributed by atoms with van der Waals surface area (Å²) in [5.74, 6) is 3.75. The molecule has 0 aliphatic carbocycles. The van der Waals surface area contributed by atoms with Gasteiger partial charge in [0.25, 0.3) is 0 Å². The molecule has 0 saturated heterocycles. The standard InChI is InChI=1S/2C24H23O.2ClH.Zr/c2*1-16-8-13-23(25-16)19-14-18-6-5-7-21(22(18)15-19)17-9-11-20(12-10-17)24(2,3)4;;;/h2*5-15H,1-4H3;2*1H;/q2*-1;;;+4/p-2. The summed E-state index contributed by atoms with van der Waals surface area (Å²) >= 11 is 0. The van der Waals surface area contributed by atoms with Gasteiger partial charge in [-0.25, -0.2) is 0 Å². The molecule has 0 amide bonds. The van der Waals surface area contributed by atoms with Crippen molar-refractivity contribution >= 4 is 21.5 Å². The van der Waals surface area contributed by atoms with E-state index in [1.807, 2.05) is 38.1 Å². The second kappa shape index (κ2) is 16.6. The van der Waals surface area contributed by atoms with Gasteiger partial charge in [-0.05, 0) is 71.2 Å². The smallest absolute Gasteiger partial charge is 1.00 e. The van der Waals surface area contributed by atoms with Crippen molar-refractivity contribution in [3.8, 4) is 44.9 Å². The van der Waals surface area contributed by atoms with Crippen molar-refractivity contribution < 1.29 is 59.9 Å². The molecule has 0 saturated carbocycles. The number of benzene rings is 4. The van der Waals surface area contributed by atoms with E-state index in [0.717, 1.165) is 34.2 Å². The van der Waals surface area contributed by atoms with Gasteiger partial charge in [0.1, 0.15) is 0 Å². The normalized spacial score (nSPS) is 11.3. The molecule has 2 heterocycles. The fraction of sp³-hybridized carbons (Fsp3) is 0.208. The van der Waals surface area contributed by atoms with Crippen LogP contribution in [0.4, 0.5) is 0 Å². The third-order valence-electron chi connectivity index (χ3n) is 9.68. The molecule has 0 spiro atoms. The van der Waals surface area contributed by atoms with Crippen molar-refractivity contribution in [3.63, 3.8) is 0 Å². The van der Waals surface area contributed by atoms with Gasteiger partial charge in [0.05, 0.1) is 23.0 Å². The number of fused-ring (bicyclic) bond motifs is 2. The Balaban J connectivity index is 0.000000224. The zero-order valence-electron chi connectivity index (χ0n) is 31.8. The Labute approximate surface area is 346 Å². The molecule has 2 aromatic heterocycles. The minimum atomic E-state index is 0. The molecule has 8 rings (SSSR count). The van der Waals surface area contributed by atoms with Crippen LogP contribution in [0.1, 0.15) is 64.2 Å². The maximum absolute atomic E-state index is 5.80. The number of aryl methyl sites for hydroxylation is 2. The minimum absolute atomic E-state index is 0. The number of halogens is 2. The molecule has 0 atom stereocenters. The predicted octanol–water partition coefficient (Wildman–Crippen LogP) is 8.19. The van der Waals surface area contributed by atoms with Crippen molar-refractivity contribution in [2.45, 2.75) is 66.2 Å². The molecular formula is C48H46Cl2O2Zr. The molecule has 0 fully saturated rings. The topological polar surface area (TPSA) is 26.3 Å². The van der Waals surface area contributed by atoms with Crippen molar-refractivity contribution in [2.75, 3.05) is 0 Å². The minimum Gasteiger partial charge on any atom is -1.00 e. The molecule has 0 radical (unpaired) electrons. The average molecular weight is 817 g/mol. The SMILES string of the molecule is Cc1ccc(-c2cc3c(-c4ccc(C(C)(C)C)cc4)cccc3[cH-]2)o1.Cc1ccc(-c2cc3c(-c4ccc(C(C)(C)C)cc4)cccc3[cH-]2)o1.[Cl-].[Cl-].[Zr+4]. The number of hydrogen-bond acceptors (Lipinski definition) is 2. The Hall–Kier alpha value is -3.88. The van der Waals surface area contributed by atoms with Crippen LogP contribution in [0.25, 0.3) is 66.4 Å². The molecular weight excluding hydrogens is 771 g/mol. The molecule has 53 heavy (non-hydrogen) atoms. The van der Waals surface area contributed by atoms with Crippen LogP contribution in [-0.2, 0) is 37.0 Å². The van der Waals surface area contributed by atoms with E-state index in [1.54, 1.807) is 0 Å². The Morgan fingerprint density at radius 2 is 0.811 bits per heavy atom. The van der Waals surface area contributed by atoms with Gasteiger partial charge in [0, 0.05) is 0 Å². The van der Waals surface area contributed by atoms with E-state index in [4.69, 9.17) is 8.83 Å². The first kappa shape index (κ1) is 41.9. The molecule has 6 aromatic carbocycles. The molecule has 268 valence electrons. The van der Waals surface area contributed by atoms with Crippen LogP contribution in [0.5, 0.6) is 0 Å². The van der Waals surface area contributed by atoms with Crippen molar-refractivity contribution in [3.05, 3.63) is 156 Å². The van der Waals surface area contributed by atoms with Crippen LogP contribution < -0.4 is 24.8 Å². The van der Waals surface area contributed by atoms with E-state index in [1.165, 1.54) is 54.9 Å². The van der Waals surface area contributed by atoms with Crippen molar-refractivity contribution in [2.24, 2.45) is 0 Å². The molecule has 8 aromatic rings. The fourth-order valence-electron chi connectivity index (χ4n) is 6.74. The molecule has 2 nitrogen and oxygen atoms in total. The van der Waals surface area contributed by atoms with Crippen LogP contribution >= 0.6 is 0 Å². The van der Waals surface area contributed by atoms with E-state index in [2.05, 4.69) is 151 Å². The Morgan fingerprint density at radius 3 is 1.11 bits per heavy atom. The quantitative estimate of drug-likeness (QED) is 0.168. The second-order valence-electron chi connectivity index (χ2n) is 15.6. The second-order valence-corrected chi connectivity index (χ2v) is 15.6. The summed E-state index contributed by atoms with van der Waals surface area (Å²) in [5.41, 5.74) is 10.4.